The van der Waals surface area contributed by atoms with Crippen LogP contribution in [0.25, 0.3) is 0 Å². The van der Waals surface area contributed by atoms with Crippen LogP contribution < -0.4 is 24.0 Å². The van der Waals surface area contributed by atoms with Crippen molar-refractivity contribution in [2.45, 2.75) is 6.10 Å². The van der Waals surface area contributed by atoms with Crippen molar-refractivity contribution in [2.24, 2.45) is 5.92 Å². The fourth-order valence-electron chi connectivity index (χ4n) is 0.629. The Kier molecular flexibility index (Phi) is 3.99. The first-order chi connectivity index (χ1) is 4.22. The molecule has 1 aliphatic rings. The SMILES string of the molecule is O=C([O-])C(O)C1COC1.[Li+]. The first-order valence-electron chi connectivity index (χ1n) is 2.68. The molecule has 52 valence electrons. The van der Waals surface area contributed by atoms with Gasteiger partial charge in [0.15, 0.2) is 0 Å². The van der Waals surface area contributed by atoms with Gasteiger partial charge in [0.1, 0.15) is 6.10 Å². The van der Waals surface area contributed by atoms with Crippen molar-refractivity contribution < 1.29 is 38.6 Å². The van der Waals surface area contributed by atoms with E-state index in [4.69, 9.17) is 5.11 Å². The van der Waals surface area contributed by atoms with Gasteiger partial charge >= 0.3 is 18.9 Å². The maximum absolute atomic E-state index is 9.92. The molecule has 1 heterocycles. The van der Waals surface area contributed by atoms with E-state index in [1.165, 1.54) is 0 Å². The van der Waals surface area contributed by atoms with E-state index in [0.29, 0.717) is 13.2 Å². The molecule has 1 atom stereocenters. The first-order valence-corrected chi connectivity index (χ1v) is 2.68. The molecule has 0 aromatic rings. The summed E-state index contributed by atoms with van der Waals surface area (Å²) in [5, 5.41) is 18.6. The van der Waals surface area contributed by atoms with Gasteiger partial charge < -0.3 is 19.7 Å². The maximum atomic E-state index is 9.92. The van der Waals surface area contributed by atoms with Crippen LogP contribution in [0.15, 0.2) is 0 Å². The molecule has 0 radical (unpaired) electrons. The van der Waals surface area contributed by atoms with Crippen LogP contribution in [0.1, 0.15) is 0 Å². The summed E-state index contributed by atoms with van der Waals surface area (Å²) in [6.45, 7) is 0.657. The number of aliphatic carboxylic acids is 1. The molecule has 0 bridgehead atoms. The maximum Gasteiger partial charge on any atom is 1.00 e. The van der Waals surface area contributed by atoms with Crippen molar-refractivity contribution >= 4 is 5.97 Å². The Bertz CT molecular complexity index is 123. The number of rotatable bonds is 2. The number of carbonyl (C=O) groups excluding carboxylic acids is 1. The van der Waals surface area contributed by atoms with E-state index in [1.807, 2.05) is 0 Å². The van der Waals surface area contributed by atoms with E-state index < -0.39 is 12.1 Å². The minimum Gasteiger partial charge on any atom is -0.547 e. The van der Waals surface area contributed by atoms with Crippen molar-refractivity contribution in [2.75, 3.05) is 13.2 Å². The van der Waals surface area contributed by atoms with E-state index >= 15 is 0 Å². The zero-order valence-corrected chi connectivity index (χ0v) is 5.74. The monoisotopic (exact) mass is 138 g/mol. The number of ether oxygens (including phenoxy) is 1. The average Bonchev–Trinajstić information content (AvgIpc) is 1.60. The van der Waals surface area contributed by atoms with Crippen LogP contribution >= 0.6 is 0 Å². The van der Waals surface area contributed by atoms with Crippen LogP contribution in [0.2, 0.25) is 0 Å². The Morgan fingerprint density at radius 2 is 2.20 bits per heavy atom. The zero-order valence-electron chi connectivity index (χ0n) is 5.74. The summed E-state index contributed by atoms with van der Waals surface area (Å²) in [6, 6.07) is 0. The van der Waals surface area contributed by atoms with Gasteiger partial charge in [0.05, 0.1) is 19.2 Å². The molecule has 1 saturated heterocycles. The fraction of sp³-hybridized carbons (Fsp3) is 0.800. The Balaban J connectivity index is 0.000000810. The normalized spacial score (nSPS) is 20.5. The second-order valence-corrected chi connectivity index (χ2v) is 2.06. The molecular formula is C5H7LiO4. The smallest absolute Gasteiger partial charge is 0.547 e. The third-order valence-corrected chi connectivity index (χ3v) is 1.35. The van der Waals surface area contributed by atoms with Crippen molar-refractivity contribution in [1.82, 2.24) is 0 Å². The van der Waals surface area contributed by atoms with Crippen molar-refractivity contribution in [1.29, 1.82) is 0 Å². The molecule has 1 aliphatic heterocycles. The number of carboxylic acid groups (broad SMARTS) is 1. The molecule has 0 spiro atoms. The van der Waals surface area contributed by atoms with Gasteiger partial charge in [-0.25, -0.2) is 0 Å². The summed E-state index contributed by atoms with van der Waals surface area (Å²) in [7, 11) is 0. The van der Waals surface area contributed by atoms with E-state index in [1.54, 1.807) is 0 Å². The molecule has 1 fully saturated rings. The van der Waals surface area contributed by atoms with E-state index in [2.05, 4.69) is 4.74 Å². The van der Waals surface area contributed by atoms with Crippen LogP contribution in [-0.4, -0.2) is 30.4 Å². The number of hydrogen-bond donors (Lipinski definition) is 1. The zero-order chi connectivity index (χ0) is 6.85. The standard InChI is InChI=1S/C5H8O4.Li/c6-4(5(7)8)3-1-9-2-3;/h3-4,6H,1-2H2,(H,7,8);/q;+1/p-1. The Labute approximate surface area is 70.4 Å². The molecule has 10 heavy (non-hydrogen) atoms. The van der Waals surface area contributed by atoms with Crippen LogP contribution in [0.3, 0.4) is 0 Å². The third kappa shape index (κ3) is 1.99. The molecular weight excluding hydrogens is 131 g/mol. The Hall–Kier alpha value is -0.0126. The molecule has 0 saturated carbocycles. The molecule has 0 aromatic carbocycles. The minimum atomic E-state index is -1.41. The number of hydrogen-bond acceptors (Lipinski definition) is 4. The summed E-state index contributed by atoms with van der Waals surface area (Å²) in [4.78, 5) is 9.92. The first kappa shape index (κ1) is 9.99. The summed E-state index contributed by atoms with van der Waals surface area (Å²) in [6.07, 6.45) is -1.35. The average molecular weight is 138 g/mol. The second kappa shape index (κ2) is 3.99. The summed E-state index contributed by atoms with van der Waals surface area (Å²) < 4.78 is 4.66. The summed E-state index contributed by atoms with van der Waals surface area (Å²) in [5.41, 5.74) is 0. The molecule has 1 unspecified atom stereocenters. The van der Waals surface area contributed by atoms with Crippen molar-refractivity contribution in [3.05, 3.63) is 0 Å². The van der Waals surface area contributed by atoms with Gasteiger partial charge in [0, 0.05) is 5.92 Å². The van der Waals surface area contributed by atoms with Crippen LogP contribution in [-0.2, 0) is 9.53 Å². The second-order valence-electron chi connectivity index (χ2n) is 2.06. The van der Waals surface area contributed by atoms with Gasteiger partial charge in [-0.2, -0.15) is 0 Å². The molecule has 0 aliphatic carbocycles. The molecule has 0 amide bonds. The number of carboxylic acids is 1. The van der Waals surface area contributed by atoms with Crippen LogP contribution in [0, 0.1) is 5.92 Å². The van der Waals surface area contributed by atoms with Gasteiger partial charge in [0.2, 0.25) is 0 Å². The Morgan fingerprint density at radius 3 is 2.30 bits per heavy atom. The number of aliphatic hydroxyl groups excluding tert-OH is 1. The van der Waals surface area contributed by atoms with Crippen molar-refractivity contribution in [3.8, 4) is 0 Å². The van der Waals surface area contributed by atoms with E-state index in [0.717, 1.165) is 0 Å². The summed E-state index contributed by atoms with van der Waals surface area (Å²) >= 11 is 0. The van der Waals surface area contributed by atoms with Gasteiger partial charge in [-0.1, -0.05) is 0 Å². The van der Waals surface area contributed by atoms with E-state index in [9.17, 15) is 9.90 Å². The fourth-order valence-corrected chi connectivity index (χ4v) is 0.629. The molecule has 1 rings (SSSR count). The Morgan fingerprint density at radius 1 is 1.70 bits per heavy atom. The minimum absolute atomic E-state index is 0. The predicted octanol–water partition coefficient (Wildman–Crippen LogP) is -5.25. The van der Waals surface area contributed by atoms with Gasteiger partial charge in [0.25, 0.3) is 0 Å². The van der Waals surface area contributed by atoms with Gasteiger partial charge in [-0.15, -0.1) is 0 Å². The van der Waals surface area contributed by atoms with Crippen LogP contribution in [0.4, 0.5) is 0 Å². The predicted molar refractivity (Wildman–Crippen MR) is 25.3 cm³/mol. The molecule has 1 N–H and O–H groups in total. The van der Waals surface area contributed by atoms with Crippen LogP contribution in [0.5, 0.6) is 0 Å². The van der Waals surface area contributed by atoms with Crippen molar-refractivity contribution in [3.63, 3.8) is 0 Å². The third-order valence-electron chi connectivity index (χ3n) is 1.35. The topological polar surface area (TPSA) is 69.6 Å². The molecule has 5 heteroatoms. The molecule has 4 nitrogen and oxygen atoms in total. The number of carbonyl (C=O) groups is 1. The van der Waals surface area contributed by atoms with Gasteiger partial charge in [-0.3, -0.25) is 0 Å². The number of aliphatic hydroxyl groups is 1. The van der Waals surface area contributed by atoms with Gasteiger partial charge in [-0.05, 0) is 0 Å². The van der Waals surface area contributed by atoms with E-state index in [-0.39, 0.29) is 24.8 Å². The molecule has 0 aromatic heterocycles. The summed E-state index contributed by atoms with van der Waals surface area (Å²) in [5.74, 6) is -1.67. The quantitative estimate of drug-likeness (QED) is 0.387. The largest absolute Gasteiger partial charge is 1.00 e.